The summed E-state index contributed by atoms with van der Waals surface area (Å²) in [7, 11) is 0. The molecule has 0 saturated carbocycles. The monoisotopic (exact) mass is 524 g/mol. The third kappa shape index (κ3) is 5.06. The zero-order valence-corrected chi connectivity index (χ0v) is 17.1. The number of alkyl halides is 12. The van der Waals surface area contributed by atoms with Crippen molar-refractivity contribution in [1.29, 1.82) is 0 Å². The van der Waals surface area contributed by atoms with E-state index in [1.54, 1.807) is 0 Å². The standard InChI is InChI=1S/C18H16F12O4/c1-7(2)8(3)12(31)34-11-5-9(13(32,15(19,20)21)16(22,23)24)4-10(6-11)14(33,17(25,26)27)18(28,29)30/h4-8,32-33H,1-3H3. The first-order valence-electron chi connectivity index (χ1n) is 8.91. The molecule has 0 fully saturated rings. The van der Waals surface area contributed by atoms with E-state index < -0.39 is 88.8 Å². The molecule has 0 heterocycles. The number of halogens is 12. The Labute approximate surface area is 183 Å². The minimum absolute atomic E-state index is 0.400. The van der Waals surface area contributed by atoms with E-state index >= 15 is 0 Å². The van der Waals surface area contributed by atoms with Crippen molar-refractivity contribution < 1.29 is 72.4 Å². The van der Waals surface area contributed by atoms with Crippen molar-refractivity contribution in [2.75, 3.05) is 0 Å². The van der Waals surface area contributed by atoms with Gasteiger partial charge in [-0.15, -0.1) is 0 Å². The summed E-state index contributed by atoms with van der Waals surface area (Å²) in [6.07, 6.45) is -26.9. The fraction of sp³-hybridized carbons (Fsp3) is 0.611. The van der Waals surface area contributed by atoms with Crippen molar-refractivity contribution in [3.05, 3.63) is 29.3 Å². The highest BCUT2D eigenvalue weighted by Crippen LogP contribution is 2.54. The van der Waals surface area contributed by atoms with Gasteiger partial charge in [0.25, 0.3) is 11.2 Å². The SMILES string of the molecule is CC(C)C(C)C(=O)Oc1cc(C(O)(C(F)(F)F)C(F)(F)F)cc(C(O)(C(F)(F)F)C(F)(F)F)c1. The number of benzene rings is 1. The van der Waals surface area contributed by atoms with Crippen molar-refractivity contribution in [2.45, 2.75) is 56.7 Å². The van der Waals surface area contributed by atoms with E-state index in [9.17, 15) is 67.7 Å². The molecular weight excluding hydrogens is 508 g/mol. The highest BCUT2D eigenvalue weighted by Gasteiger charge is 2.74. The van der Waals surface area contributed by atoms with Crippen LogP contribution in [0.25, 0.3) is 0 Å². The molecule has 1 unspecified atom stereocenters. The summed E-state index contributed by atoms with van der Waals surface area (Å²) in [5.41, 5.74) is -17.2. The highest BCUT2D eigenvalue weighted by molar-refractivity contribution is 5.75. The van der Waals surface area contributed by atoms with Crippen molar-refractivity contribution >= 4 is 5.97 Å². The van der Waals surface area contributed by atoms with Crippen LogP contribution in [0, 0.1) is 11.8 Å². The first-order chi connectivity index (χ1) is 14.8. The van der Waals surface area contributed by atoms with Gasteiger partial charge in [-0.1, -0.05) is 20.8 Å². The Kier molecular flexibility index (Phi) is 7.68. The number of hydrogen-bond donors (Lipinski definition) is 2. The highest BCUT2D eigenvalue weighted by atomic mass is 19.4. The maximum atomic E-state index is 13.2. The molecule has 0 aliphatic heterocycles. The zero-order valence-electron chi connectivity index (χ0n) is 17.1. The Morgan fingerprint density at radius 1 is 0.676 bits per heavy atom. The van der Waals surface area contributed by atoms with Crippen LogP contribution < -0.4 is 4.74 Å². The fourth-order valence-corrected chi connectivity index (χ4v) is 2.53. The van der Waals surface area contributed by atoms with Crippen LogP contribution in [0.2, 0.25) is 0 Å². The van der Waals surface area contributed by atoms with E-state index in [1.165, 1.54) is 13.8 Å². The van der Waals surface area contributed by atoms with Gasteiger partial charge in [0.05, 0.1) is 5.92 Å². The van der Waals surface area contributed by atoms with Crippen LogP contribution in [-0.4, -0.2) is 40.9 Å². The molecule has 0 amide bonds. The van der Waals surface area contributed by atoms with Crippen LogP contribution in [0.4, 0.5) is 52.7 Å². The van der Waals surface area contributed by atoms with Gasteiger partial charge in [0, 0.05) is 11.1 Å². The molecule has 1 aromatic rings. The summed E-state index contributed by atoms with van der Waals surface area (Å²) < 4.78 is 163. The number of ether oxygens (including phenoxy) is 1. The van der Waals surface area contributed by atoms with Gasteiger partial charge in [0.1, 0.15) is 5.75 Å². The Morgan fingerprint density at radius 3 is 1.21 bits per heavy atom. The second kappa shape index (κ2) is 8.77. The molecule has 0 spiro atoms. The number of rotatable bonds is 5. The summed E-state index contributed by atoms with van der Waals surface area (Å²) >= 11 is 0. The van der Waals surface area contributed by atoms with Gasteiger partial charge < -0.3 is 14.9 Å². The predicted octanol–water partition coefficient (Wildman–Crippen LogP) is 5.51. The van der Waals surface area contributed by atoms with Gasteiger partial charge in [0.15, 0.2) is 0 Å². The van der Waals surface area contributed by atoms with E-state index in [0.29, 0.717) is 0 Å². The van der Waals surface area contributed by atoms with Gasteiger partial charge in [-0.25, -0.2) is 0 Å². The van der Waals surface area contributed by atoms with Crippen molar-refractivity contribution in [1.82, 2.24) is 0 Å². The van der Waals surface area contributed by atoms with Crippen LogP contribution >= 0.6 is 0 Å². The lowest BCUT2D eigenvalue weighted by Crippen LogP contribution is -2.55. The van der Waals surface area contributed by atoms with Crippen molar-refractivity contribution in [2.24, 2.45) is 11.8 Å². The molecule has 4 nitrogen and oxygen atoms in total. The summed E-state index contributed by atoms with van der Waals surface area (Å²) in [6.45, 7) is 3.93. The molecule has 196 valence electrons. The largest absolute Gasteiger partial charge is 0.430 e. The third-order valence-electron chi connectivity index (χ3n) is 4.97. The molecule has 0 radical (unpaired) electrons. The average Bonchev–Trinajstić information content (AvgIpc) is 2.61. The van der Waals surface area contributed by atoms with E-state index in [4.69, 9.17) is 0 Å². The van der Waals surface area contributed by atoms with Gasteiger partial charge in [-0.05, 0) is 24.1 Å². The number of carbonyl (C=O) groups excluding carboxylic acids is 1. The number of esters is 1. The predicted molar refractivity (Wildman–Crippen MR) is 88.1 cm³/mol. The molecule has 1 atom stereocenters. The number of carbonyl (C=O) groups is 1. The van der Waals surface area contributed by atoms with Gasteiger partial charge in [-0.2, -0.15) is 52.7 Å². The molecule has 0 aliphatic rings. The maximum absolute atomic E-state index is 13.2. The number of aliphatic hydroxyl groups is 2. The lowest BCUT2D eigenvalue weighted by Gasteiger charge is -2.36. The molecule has 0 bridgehead atoms. The van der Waals surface area contributed by atoms with E-state index in [1.807, 2.05) is 0 Å². The molecule has 1 rings (SSSR count). The lowest BCUT2D eigenvalue weighted by molar-refractivity contribution is -0.378. The van der Waals surface area contributed by atoms with Gasteiger partial charge >= 0.3 is 30.7 Å². The summed E-state index contributed by atoms with van der Waals surface area (Å²) in [5.74, 6) is -4.84. The van der Waals surface area contributed by atoms with Crippen molar-refractivity contribution in [3.8, 4) is 5.75 Å². The second-order valence-corrected chi connectivity index (χ2v) is 7.61. The first kappa shape index (κ1) is 29.8. The van der Waals surface area contributed by atoms with Gasteiger partial charge in [-0.3, -0.25) is 4.79 Å². The Bertz CT molecular complexity index is 812. The quantitative estimate of drug-likeness (QED) is 0.303. The van der Waals surface area contributed by atoms with Gasteiger partial charge in [0.2, 0.25) is 0 Å². The Morgan fingerprint density at radius 2 is 0.971 bits per heavy atom. The zero-order chi connectivity index (χ0) is 27.3. The first-order valence-corrected chi connectivity index (χ1v) is 8.91. The number of hydrogen-bond acceptors (Lipinski definition) is 4. The van der Waals surface area contributed by atoms with Crippen LogP contribution in [-0.2, 0) is 16.0 Å². The van der Waals surface area contributed by atoms with Crippen LogP contribution in [0.1, 0.15) is 31.9 Å². The van der Waals surface area contributed by atoms with Crippen LogP contribution in [0.3, 0.4) is 0 Å². The molecule has 1 aromatic carbocycles. The third-order valence-corrected chi connectivity index (χ3v) is 4.97. The van der Waals surface area contributed by atoms with E-state index in [0.717, 1.165) is 6.92 Å². The van der Waals surface area contributed by atoms with Crippen LogP contribution in [0.5, 0.6) is 5.75 Å². The normalized spacial score (nSPS) is 15.5. The molecule has 0 aliphatic carbocycles. The Balaban J connectivity index is 4.07. The topological polar surface area (TPSA) is 66.8 Å². The summed E-state index contributed by atoms with van der Waals surface area (Å²) in [6, 6.07) is -1.77. The molecule has 0 aromatic heterocycles. The molecule has 34 heavy (non-hydrogen) atoms. The van der Waals surface area contributed by atoms with Crippen LogP contribution in [0.15, 0.2) is 18.2 Å². The molecule has 2 N–H and O–H groups in total. The van der Waals surface area contributed by atoms with E-state index in [2.05, 4.69) is 4.74 Å². The second-order valence-electron chi connectivity index (χ2n) is 7.61. The smallest absolute Gasteiger partial charge is 0.426 e. The maximum Gasteiger partial charge on any atom is 0.430 e. The Hall–Kier alpha value is -2.23. The minimum Gasteiger partial charge on any atom is -0.426 e. The summed E-state index contributed by atoms with van der Waals surface area (Å²) in [4.78, 5) is 12.0. The lowest BCUT2D eigenvalue weighted by atomic mass is 9.85. The molecule has 0 saturated heterocycles. The fourth-order valence-electron chi connectivity index (χ4n) is 2.53. The van der Waals surface area contributed by atoms with E-state index in [-0.39, 0.29) is 0 Å². The molecular formula is C18H16F12O4. The average molecular weight is 524 g/mol. The molecule has 16 heteroatoms. The minimum atomic E-state index is -6.72. The summed E-state index contributed by atoms with van der Waals surface area (Å²) in [5, 5.41) is 18.9. The van der Waals surface area contributed by atoms with Crippen molar-refractivity contribution in [3.63, 3.8) is 0 Å².